The van der Waals surface area contributed by atoms with Crippen LogP contribution in [0.3, 0.4) is 0 Å². The fourth-order valence-electron chi connectivity index (χ4n) is 4.17. The van der Waals surface area contributed by atoms with Crippen LogP contribution in [0, 0.1) is 17.8 Å². The maximum absolute atomic E-state index is 12.2. The number of hydrogen-bond acceptors (Lipinski definition) is 2. The van der Waals surface area contributed by atoms with E-state index in [1.807, 2.05) is 0 Å². The Labute approximate surface area is 88.6 Å². The highest BCUT2D eigenvalue weighted by Crippen LogP contribution is 2.53. The maximum atomic E-state index is 12.2. The number of ketones is 1. The molecule has 2 amide bonds. The number of amides is 2. The lowest BCUT2D eigenvalue weighted by molar-refractivity contribution is -0.144. The molecule has 2 unspecified atom stereocenters. The number of carbonyl (C=O) groups is 2. The van der Waals surface area contributed by atoms with Crippen molar-refractivity contribution in [3.63, 3.8) is 0 Å². The summed E-state index contributed by atoms with van der Waals surface area (Å²) in [6, 6.07) is -0.551. The molecule has 82 valence electrons. The second-order valence-electron chi connectivity index (χ2n) is 5.48. The number of carbonyl (C=O) groups excluding carboxylic acids is 2. The summed E-state index contributed by atoms with van der Waals surface area (Å²) in [6.07, 6.45) is 4.96. The molecule has 0 aromatic carbocycles. The molecule has 4 aliphatic carbocycles. The zero-order valence-electron chi connectivity index (χ0n) is 8.66. The fraction of sp³-hybridized carbons (Fsp3) is 0.818. The van der Waals surface area contributed by atoms with Gasteiger partial charge in [0.1, 0.15) is 5.54 Å². The first-order valence-corrected chi connectivity index (χ1v) is 5.71. The van der Waals surface area contributed by atoms with E-state index in [1.165, 1.54) is 6.42 Å². The quantitative estimate of drug-likeness (QED) is 0.669. The van der Waals surface area contributed by atoms with Crippen molar-refractivity contribution in [2.75, 3.05) is 0 Å². The number of primary amides is 1. The summed E-state index contributed by atoms with van der Waals surface area (Å²) in [5.41, 5.74) is 4.59. The van der Waals surface area contributed by atoms with Crippen molar-refractivity contribution in [3.8, 4) is 0 Å². The molecule has 3 N–H and O–H groups in total. The van der Waals surface area contributed by atoms with Crippen molar-refractivity contribution in [2.24, 2.45) is 23.5 Å². The third-order valence-electron chi connectivity index (χ3n) is 4.38. The standard InChI is InChI=1S/C11H16N2O2/c12-10(15)13-11-4-6-1-7(5-11)3-8(2-6)9(11)14/h6-8H,1-5H2,(H3,12,13,15). The summed E-state index contributed by atoms with van der Waals surface area (Å²) in [7, 11) is 0. The molecule has 4 aliphatic rings. The van der Waals surface area contributed by atoms with E-state index in [4.69, 9.17) is 5.73 Å². The molecule has 0 aliphatic heterocycles. The molecule has 0 aromatic rings. The zero-order chi connectivity index (χ0) is 10.6. The van der Waals surface area contributed by atoms with Crippen molar-refractivity contribution in [2.45, 2.75) is 37.6 Å². The molecule has 0 radical (unpaired) electrons. The van der Waals surface area contributed by atoms with E-state index < -0.39 is 11.6 Å². The molecule has 4 nitrogen and oxygen atoms in total. The topological polar surface area (TPSA) is 72.2 Å². The lowest BCUT2D eigenvalue weighted by Crippen LogP contribution is -2.66. The Balaban J connectivity index is 1.94. The van der Waals surface area contributed by atoms with Crippen LogP contribution in [0.15, 0.2) is 0 Å². The first kappa shape index (κ1) is 9.19. The minimum atomic E-state index is -0.583. The molecular weight excluding hydrogens is 192 g/mol. The summed E-state index contributed by atoms with van der Waals surface area (Å²) in [4.78, 5) is 23.1. The van der Waals surface area contributed by atoms with Gasteiger partial charge in [-0.05, 0) is 43.9 Å². The van der Waals surface area contributed by atoms with Gasteiger partial charge in [-0.25, -0.2) is 4.79 Å². The summed E-state index contributed by atoms with van der Waals surface area (Å²) in [5.74, 6) is 1.70. The van der Waals surface area contributed by atoms with E-state index in [1.54, 1.807) is 0 Å². The number of hydrogen-bond donors (Lipinski definition) is 2. The molecule has 4 bridgehead atoms. The molecule has 4 heteroatoms. The first-order chi connectivity index (χ1) is 7.09. The molecule has 4 rings (SSSR count). The lowest BCUT2D eigenvalue weighted by Gasteiger charge is -2.55. The molecule has 0 spiro atoms. The Hall–Kier alpha value is -1.06. The van der Waals surface area contributed by atoms with Crippen molar-refractivity contribution in [3.05, 3.63) is 0 Å². The Kier molecular flexibility index (Phi) is 1.68. The minimum absolute atomic E-state index is 0.197. The SMILES string of the molecule is NC(=O)NC12CC3CC(CC(C3)C1=O)C2. The van der Waals surface area contributed by atoms with Crippen LogP contribution in [0.25, 0.3) is 0 Å². The van der Waals surface area contributed by atoms with Gasteiger partial charge in [0.05, 0.1) is 0 Å². The summed E-state index contributed by atoms with van der Waals surface area (Å²) in [5, 5.41) is 2.73. The predicted molar refractivity (Wildman–Crippen MR) is 54.0 cm³/mol. The molecule has 15 heavy (non-hydrogen) atoms. The van der Waals surface area contributed by atoms with Crippen LogP contribution >= 0.6 is 0 Å². The van der Waals surface area contributed by atoms with Crippen LogP contribution in [0.5, 0.6) is 0 Å². The van der Waals surface area contributed by atoms with E-state index in [2.05, 4.69) is 5.32 Å². The predicted octanol–water partition coefficient (Wildman–Crippen LogP) is 0.802. The van der Waals surface area contributed by atoms with Crippen molar-refractivity contribution < 1.29 is 9.59 Å². The molecule has 2 atom stereocenters. The number of rotatable bonds is 1. The van der Waals surface area contributed by atoms with Crippen LogP contribution in [0.2, 0.25) is 0 Å². The molecule has 0 saturated heterocycles. The van der Waals surface area contributed by atoms with Crippen LogP contribution in [0.1, 0.15) is 32.1 Å². The Bertz CT molecular complexity index is 325. The lowest BCUT2D eigenvalue weighted by atomic mass is 9.52. The summed E-state index contributed by atoms with van der Waals surface area (Å²) in [6.45, 7) is 0. The fourth-order valence-corrected chi connectivity index (χ4v) is 4.17. The third-order valence-corrected chi connectivity index (χ3v) is 4.38. The van der Waals surface area contributed by atoms with Crippen molar-refractivity contribution in [1.29, 1.82) is 0 Å². The first-order valence-electron chi connectivity index (χ1n) is 5.71. The van der Waals surface area contributed by atoms with Gasteiger partial charge < -0.3 is 11.1 Å². The largest absolute Gasteiger partial charge is 0.352 e. The van der Waals surface area contributed by atoms with Gasteiger partial charge in [0.15, 0.2) is 5.78 Å². The molecule has 0 aromatic heterocycles. The van der Waals surface area contributed by atoms with Crippen LogP contribution in [-0.2, 0) is 4.79 Å². The van der Waals surface area contributed by atoms with Gasteiger partial charge in [-0.15, -0.1) is 0 Å². The molecule has 4 saturated carbocycles. The van der Waals surface area contributed by atoms with Crippen LogP contribution < -0.4 is 11.1 Å². The van der Waals surface area contributed by atoms with E-state index in [0.29, 0.717) is 11.8 Å². The number of nitrogens with two attached hydrogens (primary N) is 1. The third kappa shape index (κ3) is 1.20. The Morgan fingerprint density at radius 3 is 2.40 bits per heavy atom. The zero-order valence-corrected chi connectivity index (χ0v) is 8.66. The van der Waals surface area contributed by atoms with Gasteiger partial charge in [0.25, 0.3) is 0 Å². The number of nitrogens with one attached hydrogen (secondary N) is 1. The maximum Gasteiger partial charge on any atom is 0.312 e. The second kappa shape index (κ2) is 2.74. The van der Waals surface area contributed by atoms with Crippen molar-refractivity contribution in [1.82, 2.24) is 5.32 Å². The van der Waals surface area contributed by atoms with Gasteiger partial charge in [0, 0.05) is 5.92 Å². The highest BCUT2D eigenvalue weighted by molar-refractivity contribution is 5.95. The van der Waals surface area contributed by atoms with Gasteiger partial charge in [-0.3, -0.25) is 4.79 Å². The van der Waals surface area contributed by atoms with Gasteiger partial charge >= 0.3 is 6.03 Å². The van der Waals surface area contributed by atoms with E-state index in [0.717, 1.165) is 25.7 Å². The van der Waals surface area contributed by atoms with Crippen LogP contribution in [-0.4, -0.2) is 17.4 Å². The summed E-state index contributed by atoms with van der Waals surface area (Å²) >= 11 is 0. The Morgan fingerprint density at radius 2 is 1.87 bits per heavy atom. The van der Waals surface area contributed by atoms with Gasteiger partial charge in [-0.1, -0.05) is 0 Å². The monoisotopic (exact) mass is 208 g/mol. The Morgan fingerprint density at radius 1 is 1.27 bits per heavy atom. The molecule has 4 fully saturated rings. The van der Waals surface area contributed by atoms with E-state index in [-0.39, 0.29) is 11.7 Å². The highest BCUT2D eigenvalue weighted by Gasteiger charge is 2.57. The van der Waals surface area contributed by atoms with Crippen LogP contribution in [0.4, 0.5) is 4.79 Å². The normalized spacial score (nSPS) is 46.9. The number of urea groups is 1. The second-order valence-corrected chi connectivity index (χ2v) is 5.48. The van der Waals surface area contributed by atoms with Gasteiger partial charge in [0.2, 0.25) is 0 Å². The van der Waals surface area contributed by atoms with Crippen molar-refractivity contribution >= 4 is 11.8 Å². The van der Waals surface area contributed by atoms with E-state index >= 15 is 0 Å². The summed E-state index contributed by atoms with van der Waals surface area (Å²) < 4.78 is 0. The van der Waals surface area contributed by atoms with E-state index in [9.17, 15) is 9.59 Å². The van der Waals surface area contributed by atoms with Gasteiger partial charge in [-0.2, -0.15) is 0 Å². The number of Topliss-reactive ketones (excluding diaryl/α,β-unsaturated/α-hetero) is 1. The molecule has 0 heterocycles. The smallest absolute Gasteiger partial charge is 0.312 e. The molecular formula is C11H16N2O2. The average molecular weight is 208 g/mol. The minimum Gasteiger partial charge on any atom is -0.352 e. The highest BCUT2D eigenvalue weighted by atomic mass is 16.2. The average Bonchev–Trinajstić information content (AvgIpc) is 2.11.